The van der Waals surface area contributed by atoms with Crippen LogP contribution >= 0.6 is 11.3 Å². The van der Waals surface area contributed by atoms with Crippen molar-refractivity contribution in [3.05, 3.63) is 17.0 Å². The van der Waals surface area contributed by atoms with Crippen LogP contribution in [0, 0.1) is 23.2 Å². The summed E-state index contributed by atoms with van der Waals surface area (Å²) in [5.41, 5.74) is 0.564. The van der Waals surface area contributed by atoms with E-state index in [4.69, 9.17) is 5.26 Å². The van der Waals surface area contributed by atoms with Gasteiger partial charge in [-0.25, -0.2) is 0 Å². The van der Waals surface area contributed by atoms with E-state index in [0.717, 1.165) is 24.9 Å². The minimum Gasteiger partial charge on any atom is -0.327 e. The van der Waals surface area contributed by atoms with Gasteiger partial charge in [0.15, 0.2) is 6.54 Å². The van der Waals surface area contributed by atoms with Crippen molar-refractivity contribution in [2.75, 3.05) is 25.0 Å². The van der Waals surface area contributed by atoms with Crippen LogP contribution < -0.4 is 10.2 Å². The molecule has 1 saturated heterocycles. The molecule has 2 heterocycles. The number of carbonyl (C=O) groups is 1. The Morgan fingerprint density at radius 1 is 1.38 bits per heavy atom. The summed E-state index contributed by atoms with van der Waals surface area (Å²) in [6.07, 6.45) is 6.77. The van der Waals surface area contributed by atoms with Crippen LogP contribution in [-0.4, -0.2) is 25.5 Å². The highest BCUT2D eigenvalue weighted by Gasteiger charge is 2.34. The fraction of sp³-hybridized carbons (Fsp3) is 0.625. The third-order valence-electron chi connectivity index (χ3n) is 4.94. The van der Waals surface area contributed by atoms with Gasteiger partial charge in [0.25, 0.3) is 5.91 Å². The number of nitriles is 1. The Morgan fingerprint density at radius 3 is 3.00 bits per heavy atom. The average Bonchev–Trinajstić information content (AvgIpc) is 2.94. The molecule has 1 saturated carbocycles. The first-order chi connectivity index (χ1) is 10.3. The number of rotatable bonds is 3. The number of piperidine rings is 1. The smallest absolute Gasteiger partial charge is 0.280 e. The van der Waals surface area contributed by atoms with Crippen molar-refractivity contribution in [1.82, 2.24) is 0 Å². The fourth-order valence-corrected chi connectivity index (χ4v) is 4.60. The third kappa shape index (κ3) is 3.45. The second-order valence-electron chi connectivity index (χ2n) is 6.30. The molecule has 3 rings (SSSR count). The van der Waals surface area contributed by atoms with Crippen LogP contribution in [0.5, 0.6) is 0 Å². The van der Waals surface area contributed by atoms with Crippen LogP contribution in [0.1, 0.15) is 37.7 Å². The van der Waals surface area contributed by atoms with Crippen LogP contribution in [0.25, 0.3) is 0 Å². The molecule has 2 N–H and O–H groups in total. The van der Waals surface area contributed by atoms with Gasteiger partial charge in [-0.15, -0.1) is 11.3 Å². The van der Waals surface area contributed by atoms with Gasteiger partial charge in [0.05, 0.1) is 18.7 Å². The Bertz CT molecular complexity index is 548. The summed E-state index contributed by atoms with van der Waals surface area (Å²) < 4.78 is 0. The number of likely N-dealkylation sites (tertiary alicyclic amines) is 1. The Kier molecular flexibility index (Phi) is 4.57. The largest absolute Gasteiger partial charge is 0.327 e. The number of quaternary nitrogens is 1. The molecule has 4 nitrogen and oxygen atoms in total. The number of fused-ring (bicyclic) bond motifs is 1. The van der Waals surface area contributed by atoms with Crippen molar-refractivity contribution in [1.29, 1.82) is 5.26 Å². The Balaban J connectivity index is 1.52. The summed E-state index contributed by atoms with van der Waals surface area (Å²) in [4.78, 5) is 13.6. The number of hydrogen-bond acceptors (Lipinski definition) is 3. The molecule has 1 aromatic rings. The summed E-state index contributed by atoms with van der Waals surface area (Å²) in [5, 5.41) is 14.4. The number of hydrogen-bond donors (Lipinski definition) is 2. The predicted octanol–water partition coefficient (Wildman–Crippen LogP) is 1.65. The summed E-state index contributed by atoms with van der Waals surface area (Å²) in [6, 6.07) is 3.86. The lowest BCUT2D eigenvalue weighted by molar-refractivity contribution is -0.902. The quantitative estimate of drug-likeness (QED) is 0.892. The lowest BCUT2D eigenvalue weighted by atomic mass is 9.75. The molecule has 112 valence electrons. The van der Waals surface area contributed by atoms with Crippen molar-refractivity contribution in [2.45, 2.75) is 32.1 Å². The molecule has 1 aromatic heterocycles. The number of thiophene rings is 1. The van der Waals surface area contributed by atoms with E-state index in [0.29, 0.717) is 17.1 Å². The van der Waals surface area contributed by atoms with Crippen LogP contribution in [0.3, 0.4) is 0 Å². The molecular formula is C16H22N3OS+. The fourth-order valence-electron chi connectivity index (χ4n) is 3.85. The van der Waals surface area contributed by atoms with Crippen molar-refractivity contribution >= 4 is 22.2 Å². The van der Waals surface area contributed by atoms with Gasteiger partial charge >= 0.3 is 0 Å². The predicted molar refractivity (Wildman–Crippen MR) is 83.3 cm³/mol. The van der Waals surface area contributed by atoms with Gasteiger partial charge in [-0.2, -0.15) is 5.26 Å². The number of anilines is 1. The topological polar surface area (TPSA) is 57.3 Å². The lowest BCUT2D eigenvalue weighted by Gasteiger charge is -2.38. The Hall–Kier alpha value is -1.38. The Morgan fingerprint density at radius 2 is 2.19 bits per heavy atom. The molecule has 0 bridgehead atoms. The van der Waals surface area contributed by atoms with Gasteiger partial charge in [-0.05, 0) is 36.6 Å². The molecule has 2 aliphatic rings. The van der Waals surface area contributed by atoms with E-state index < -0.39 is 0 Å². The van der Waals surface area contributed by atoms with Crippen LogP contribution in [0.4, 0.5) is 5.00 Å². The van der Waals surface area contributed by atoms with Crippen molar-refractivity contribution < 1.29 is 9.69 Å². The minimum atomic E-state index is 0.0400. The van der Waals surface area contributed by atoms with E-state index in [-0.39, 0.29) is 5.91 Å². The maximum atomic E-state index is 12.2. The number of nitrogens with one attached hydrogen (secondary N) is 2. The Labute approximate surface area is 129 Å². The molecule has 1 amide bonds. The van der Waals surface area contributed by atoms with Crippen molar-refractivity contribution in [3.8, 4) is 6.07 Å². The molecule has 1 aliphatic heterocycles. The van der Waals surface area contributed by atoms with Gasteiger partial charge in [0, 0.05) is 5.92 Å². The molecule has 3 atom stereocenters. The third-order valence-corrected chi connectivity index (χ3v) is 5.77. The van der Waals surface area contributed by atoms with E-state index in [1.165, 1.54) is 48.3 Å². The SMILES string of the molecule is N#Cc1ccsc1NC(=O)C[NH+]1CC[C@@H]2CCCC[C@@H]2C1. The average molecular weight is 304 g/mol. The number of amides is 1. The molecule has 0 aromatic carbocycles. The molecule has 0 spiro atoms. The first-order valence-corrected chi connectivity index (χ1v) is 8.75. The highest BCUT2D eigenvalue weighted by molar-refractivity contribution is 7.14. The highest BCUT2D eigenvalue weighted by atomic mass is 32.1. The van der Waals surface area contributed by atoms with Gasteiger partial charge in [-0.3, -0.25) is 4.79 Å². The normalized spacial score (nSPS) is 28.4. The van der Waals surface area contributed by atoms with Crippen molar-refractivity contribution in [2.24, 2.45) is 11.8 Å². The maximum absolute atomic E-state index is 12.2. The second-order valence-corrected chi connectivity index (χ2v) is 7.21. The lowest BCUT2D eigenvalue weighted by Crippen LogP contribution is -3.15. The molecule has 1 aliphatic carbocycles. The van der Waals surface area contributed by atoms with E-state index in [2.05, 4.69) is 11.4 Å². The minimum absolute atomic E-state index is 0.0400. The van der Waals surface area contributed by atoms with Gasteiger partial charge in [-0.1, -0.05) is 12.8 Å². The number of carbonyl (C=O) groups excluding carboxylic acids is 1. The van der Waals surface area contributed by atoms with Crippen LogP contribution in [0.15, 0.2) is 11.4 Å². The maximum Gasteiger partial charge on any atom is 0.280 e. The van der Waals surface area contributed by atoms with Crippen LogP contribution in [0.2, 0.25) is 0 Å². The molecular weight excluding hydrogens is 282 g/mol. The van der Waals surface area contributed by atoms with E-state index in [1.807, 2.05) is 5.38 Å². The highest BCUT2D eigenvalue weighted by Crippen LogP contribution is 2.32. The summed E-state index contributed by atoms with van der Waals surface area (Å²) in [7, 11) is 0. The summed E-state index contributed by atoms with van der Waals surface area (Å²) in [5.74, 6) is 1.78. The van der Waals surface area contributed by atoms with Crippen molar-refractivity contribution in [3.63, 3.8) is 0 Å². The zero-order chi connectivity index (χ0) is 14.7. The molecule has 2 fully saturated rings. The standard InChI is InChI=1S/C16H21N3OS/c17-9-13-6-8-21-16(13)18-15(20)11-19-7-5-12-3-1-2-4-14(12)10-19/h6,8,12,14H,1-5,7,10-11H2,(H,18,20)/p+1/t12-,14+/m0/s1. The molecule has 1 unspecified atom stereocenters. The first-order valence-electron chi connectivity index (χ1n) is 7.87. The summed E-state index contributed by atoms with van der Waals surface area (Å²) >= 11 is 1.42. The molecule has 21 heavy (non-hydrogen) atoms. The monoisotopic (exact) mass is 304 g/mol. The van der Waals surface area contributed by atoms with Gasteiger partial charge in [0.2, 0.25) is 0 Å². The number of nitrogens with zero attached hydrogens (tertiary/aromatic N) is 1. The molecule has 5 heteroatoms. The van der Waals surface area contributed by atoms with Gasteiger partial charge < -0.3 is 10.2 Å². The second kappa shape index (κ2) is 6.59. The first kappa shape index (κ1) is 14.6. The van der Waals surface area contributed by atoms with Gasteiger partial charge in [0.1, 0.15) is 11.1 Å². The summed E-state index contributed by atoms with van der Waals surface area (Å²) in [6.45, 7) is 2.80. The van der Waals surface area contributed by atoms with E-state index >= 15 is 0 Å². The van der Waals surface area contributed by atoms with Crippen LogP contribution in [-0.2, 0) is 4.79 Å². The zero-order valence-corrected chi connectivity index (χ0v) is 13.0. The molecule has 0 radical (unpaired) electrons. The van der Waals surface area contributed by atoms with E-state index in [9.17, 15) is 4.79 Å². The zero-order valence-electron chi connectivity index (χ0n) is 12.2. The van der Waals surface area contributed by atoms with E-state index in [1.54, 1.807) is 6.07 Å².